The maximum Gasteiger partial charge on any atom is 0.311 e. The molecular weight excluding hydrogens is 301 g/mol. The van der Waals surface area contributed by atoms with Gasteiger partial charge in [0.05, 0.1) is 11.6 Å². The van der Waals surface area contributed by atoms with Crippen LogP contribution in [0.15, 0.2) is 16.6 Å². The first kappa shape index (κ1) is 15.0. The van der Waals surface area contributed by atoms with Crippen LogP contribution in [-0.2, 0) is 4.79 Å². The van der Waals surface area contributed by atoms with Crippen LogP contribution in [0.1, 0.15) is 38.7 Å². The van der Waals surface area contributed by atoms with E-state index in [0.717, 1.165) is 0 Å². The number of anilines is 1. The lowest BCUT2D eigenvalue weighted by molar-refractivity contribution is -0.141. The lowest BCUT2D eigenvalue weighted by Gasteiger charge is -2.31. The summed E-state index contributed by atoms with van der Waals surface area (Å²) in [6.07, 6.45) is 0.650. The predicted octanol–water partition coefficient (Wildman–Crippen LogP) is 3.77. The Morgan fingerprint density at radius 2 is 2.11 bits per heavy atom. The lowest BCUT2D eigenvalue weighted by atomic mass is 9.72. The van der Waals surface area contributed by atoms with Gasteiger partial charge in [-0.1, -0.05) is 20.8 Å². The Kier molecular flexibility index (Phi) is 4.37. The molecule has 5 heteroatoms. The number of rotatable bonds is 4. The molecule has 1 rings (SSSR count). The van der Waals surface area contributed by atoms with E-state index >= 15 is 0 Å². The topological polar surface area (TPSA) is 63.3 Å². The maximum absolute atomic E-state index is 13.4. The van der Waals surface area contributed by atoms with Gasteiger partial charge in [0.15, 0.2) is 0 Å². The first-order valence-corrected chi connectivity index (χ1v) is 6.47. The molecular formula is C13H17BrFNO2. The number of carbonyl (C=O) groups is 1. The van der Waals surface area contributed by atoms with Gasteiger partial charge in [-0.2, -0.15) is 0 Å². The van der Waals surface area contributed by atoms with Crippen LogP contribution in [0.4, 0.5) is 10.1 Å². The Morgan fingerprint density at radius 1 is 1.56 bits per heavy atom. The molecule has 0 aliphatic heterocycles. The summed E-state index contributed by atoms with van der Waals surface area (Å²) in [4.78, 5) is 11.5. The number of carboxylic acids is 1. The zero-order valence-electron chi connectivity index (χ0n) is 10.6. The molecule has 0 heterocycles. The van der Waals surface area contributed by atoms with Gasteiger partial charge in [0.1, 0.15) is 5.82 Å². The Hall–Kier alpha value is -1.10. The van der Waals surface area contributed by atoms with Crippen LogP contribution in [0, 0.1) is 11.2 Å². The minimum Gasteiger partial charge on any atom is -0.481 e. The third kappa shape index (κ3) is 2.83. The number of carboxylic acid groups (broad SMARTS) is 1. The molecule has 0 amide bonds. The van der Waals surface area contributed by atoms with Crippen molar-refractivity contribution in [2.24, 2.45) is 5.41 Å². The van der Waals surface area contributed by atoms with Crippen molar-refractivity contribution in [2.75, 3.05) is 5.73 Å². The summed E-state index contributed by atoms with van der Waals surface area (Å²) in [5.41, 5.74) is 5.96. The molecule has 0 spiro atoms. The molecule has 3 nitrogen and oxygen atoms in total. The molecule has 0 aliphatic carbocycles. The molecule has 0 radical (unpaired) electrons. The zero-order valence-corrected chi connectivity index (χ0v) is 12.2. The Labute approximate surface area is 114 Å². The van der Waals surface area contributed by atoms with Crippen LogP contribution in [0.3, 0.4) is 0 Å². The molecule has 1 unspecified atom stereocenters. The fourth-order valence-electron chi connectivity index (χ4n) is 1.94. The van der Waals surface area contributed by atoms with E-state index in [9.17, 15) is 14.3 Å². The van der Waals surface area contributed by atoms with Crippen LogP contribution in [0.2, 0.25) is 0 Å². The third-order valence-electron chi connectivity index (χ3n) is 3.38. The Balaban J connectivity index is 3.45. The Bertz CT molecular complexity index is 474. The Morgan fingerprint density at radius 3 is 2.56 bits per heavy atom. The van der Waals surface area contributed by atoms with Gasteiger partial charge in [-0.3, -0.25) is 4.79 Å². The van der Waals surface area contributed by atoms with E-state index in [0.29, 0.717) is 16.5 Å². The smallest absolute Gasteiger partial charge is 0.311 e. The van der Waals surface area contributed by atoms with Crippen molar-refractivity contribution in [3.05, 3.63) is 28.0 Å². The van der Waals surface area contributed by atoms with Gasteiger partial charge < -0.3 is 10.8 Å². The molecule has 1 aromatic rings. The SMILES string of the molecule is CCC(C)(C)C(C(=O)O)c1cc(F)cc(Br)c1N. The highest BCUT2D eigenvalue weighted by Gasteiger charge is 2.37. The van der Waals surface area contributed by atoms with E-state index in [1.807, 2.05) is 20.8 Å². The van der Waals surface area contributed by atoms with Crippen molar-refractivity contribution in [3.8, 4) is 0 Å². The molecule has 3 N–H and O–H groups in total. The van der Waals surface area contributed by atoms with Crippen LogP contribution < -0.4 is 5.73 Å². The normalized spacial score (nSPS) is 13.4. The van der Waals surface area contributed by atoms with Gasteiger partial charge in [-0.15, -0.1) is 0 Å². The summed E-state index contributed by atoms with van der Waals surface area (Å²) in [7, 11) is 0. The highest BCUT2D eigenvalue weighted by atomic mass is 79.9. The minimum atomic E-state index is -0.994. The molecule has 0 aliphatic rings. The van der Waals surface area contributed by atoms with Crippen molar-refractivity contribution < 1.29 is 14.3 Å². The summed E-state index contributed by atoms with van der Waals surface area (Å²) in [5, 5.41) is 9.41. The summed E-state index contributed by atoms with van der Waals surface area (Å²) in [6, 6.07) is 2.44. The number of aliphatic carboxylic acids is 1. The fraction of sp³-hybridized carbons (Fsp3) is 0.462. The highest BCUT2D eigenvalue weighted by molar-refractivity contribution is 9.10. The zero-order chi connectivity index (χ0) is 14.1. The van der Waals surface area contributed by atoms with Crippen molar-refractivity contribution in [2.45, 2.75) is 33.1 Å². The first-order valence-electron chi connectivity index (χ1n) is 5.68. The quantitative estimate of drug-likeness (QED) is 0.831. The van der Waals surface area contributed by atoms with Gasteiger partial charge in [-0.25, -0.2) is 4.39 Å². The van der Waals surface area contributed by atoms with Crippen molar-refractivity contribution in [1.29, 1.82) is 0 Å². The second-order valence-electron chi connectivity index (χ2n) is 5.00. The average molecular weight is 318 g/mol. The molecule has 1 aromatic carbocycles. The van der Waals surface area contributed by atoms with E-state index < -0.39 is 23.1 Å². The average Bonchev–Trinajstić information content (AvgIpc) is 2.24. The molecule has 0 saturated heterocycles. The van der Waals surface area contributed by atoms with Gasteiger partial charge in [-0.05, 0) is 45.5 Å². The molecule has 0 bridgehead atoms. The van der Waals surface area contributed by atoms with Crippen molar-refractivity contribution >= 4 is 27.6 Å². The number of nitrogen functional groups attached to an aromatic ring is 1. The number of halogens is 2. The first-order chi connectivity index (χ1) is 8.20. The van der Waals surface area contributed by atoms with E-state index in [-0.39, 0.29) is 5.69 Å². The predicted molar refractivity (Wildman–Crippen MR) is 73.0 cm³/mol. The number of hydrogen-bond donors (Lipinski definition) is 2. The summed E-state index contributed by atoms with van der Waals surface area (Å²) < 4.78 is 13.8. The van der Waals surface area contributed by atoms with Gasteiger partial charge in [0.25, 0.3) is 0 Å². The van der Waals surface area contributed by atoms with E-state index in [2.05, 4.69) is 15.9 Å². The molecule has 1 atom stereocenters. The third-order valence-corrected chi connectivity index (χ3v) is 4.03. The van der Waals surface area contributed by atoms with Gasteiger partial charge in [0, 0.05) is 4.47 Å². The number of benzene rings is 1. The van der Waals surface area contributed by atoms with Crippen molar-refractivity contribution in [1.82, 2.24) is 0 Å². The summed E-state index contributed by atoms with van der Waals surface area (Å²) in [5.74, 6) is -2.33. The molecule has 0 fully saturated rings. The van der Waals surface area contributed by atoms with Gasteiger partial charge in [0.2, 0.25) is 0 Å². The molecule has 100 valence electrons. The van der Waals surface area contributed by atoms with E-state index in [1.54, 1.807) is 0 Å². The lowest BCUT2D eigenvalue weighted by Crippen LogP contribution is -2.29. The minimum absolute atomic E-state index is 0.283. The summed E-state index contributed by atoms with van der Waals surface area (Å²) >= 11 is 3.15. The second kappa shape index (κ2) is 5.26. The van der Waals surface area contributed by atoms with Crippen LogP contribution in [-0.4, -0.2) is 11.1 Å². The van der Waals surface area contributed by atoms with Crippen LogP contribution in [0.25, 0.3) is 0 Å². The monoisotopic (exact) mass is 317 g/mol. The highest BCUT2D eigenvalue weighted by Crippen LogP contribution is 2.42. The fourth-order valence-corrected chi connectivity index (χ4v) is 2.38. The van der Waals surface area contributed by atoms with Gasteiger partial charge >= 0.3 is 5.97 Å². The molecule has 0 aromatic heterocycles. The maximum atomic E-state index is 13.4. The molecule has 18 heavy (non-hydrogen) atoms. The van der Waals surface area contributed by atoms with E-state index in [1.165, 1.54) is 12.1 Å². The van der Waals surface area contributed by atoms with Crippen LogP contribution >= 0.6 is 15.9 Å². The van der Waals surface area contributed by atoms with E-state index in [4.69, 9.17) is 5.73 Å². The number of nitrogens with two attached hydrogens (primary N) is 1. The summed E-state index contributed by atoms with van der Waals surface area (Å²) in [6.45, 7) is 5.58. The van der Waals surface area contributed by atoms with Crippen molar-refractivity contribution in [3.63, 3.8) is 0 Å². The largest absolute Gasteiger partial charge is 0.481 e. The van der Waals surface area contributed by atoms with Crippen LogP contribution in [0.5, 0.6) is 0 Å². The second-order valence-corrected chi connectivity index (χ2v) is 5.86. The number of hydrogen-bond acceptors (Lipinski definition) is 2. The standard InChI is InChI=1S/C13H17BrFNO2/c1-4-13(2,3)10(12(17)18)8-5-7(15)6-9(14)11(8)16/h5-6,10H,4,16H2,1-3H3,(H,17,18). The molecule has 0 saturated carbocycles.